The van der Waals surface area contributed by atoms with Crippen molar-refractivity contribution in [2.24, 2.45) is 0 Å². The minimum Gasteiger partial charge on any atom is -0.312 e. The second-order valence-corrected chi connectivity index (χ2v) is 25.9. The molecular weight excluding hydrogens is 808 g/mol. The highest BCUT2D eigenvalue weighted by molar-refractivity contribution is 7.04. The van der Waals surface area contributed by atoms with E-state index in [0.29, 0.717) is 0 Å². The summed E-state index contributed by atoms with van der Waals surface area (Å²) in [6, 6.07) is 44.6. The Morgan fingerprint density at radius 1 is 0.328 bits per heavy atom. The van der Waals surface area contributed by atoms with E-state index in [2.05, 4.69) is 227 Å². The van der Waals surface area contributed by atoms with Crippen LogP contribution in [0.3, 0.4) is 0 Å². The molecule has 0 saturated carbocycles. The number of nitrogens with zero attached hydrogens (tertiary/aromatic N) is 3. The number of hydrogen-bond acceptors (Lipinski definition) is 1. The van der Waals surface area contributed by atoms with Crippen LogP contribution >= 0.6 is 0 Å². The molecule has 332 valence electrons. The quantitative estimate of drug-likeness (QED) is 0.138. The average molecular weight is 872 g/mol. The zero-order valence-corrected chi connectivity index (χ0v) is 42.4. The monoisotopic (exact) mass is 872 g/mol. The van der Waals surface area contributed by atoms with Gasteiger partial charge in [0.25, 0.3) is 13.4 Å². The molecule has 0 spiro atoms. The molecule has 7 aromatic carbocycles. The fourth-order valence-electron chi connectivity index (χ4n) is 12.7. The first-order valence-corrected chi connectivity index (χ1v) is 24.9. The van der Waals surface area contributed by atoms with Gasteiger partial charge in [-0.3, -0.25) is 0 Å². The summed E-state index contributed by atoms with van der Waals surface area (Å²) >= 11 is 0. The maximum Gasteiger partial charge on any atom is 0.252 e. The van der Waals surface area contributed by atoms with E-state index in [9.17, 15) is 0 Å². The van der Waals surface area contributed by atoms with Crippen LogP contribution in [0, 0.1) is 0 Å². The molecular formula is C62H63B2N3. The van der Waals surface area contributed by atoms with Gasteiger partial charge in [-0.25, -0.2) is 0 Å². The summed E-state index contributed by atoms with van der Waals surface area (Å²) in [6.45, 7) is 35.6. The number of benzene rings is 7. The van der Waals surface area contributed by atoms with Gasteiger partial charge in [0, 0.05) is 61.0 Å². The zero-order valence-electron chi connectivity index (χ0n) is 42.4. The number of anilines is 3. The Kier molecular flexibility index (Phi) is 7.75. The van der Waals surface area contributed by atoms with Crippen molar-refractivity contribution in [3.63, 3.8) is 0 Å². The van der Waals surface area contributed by atoms with Crippen LogP contribution in [0.4, 0.5) is 17.1 Å². The molecule has 0 unspecified atom stereocenters. The van der Waals surface area contributed by atoms with Gasteiger partial charge in [0.05, 0.1) is 11.0 Å². The second-order valence-electron chi connectivity index (χ2n) is 25.9. The lowest BCUT2D eigenvalue weighted by Gasteiger charge is -2.47. The molecule has 3 nitrogen and oxygen atoms in total. The maximum absolute atomic E-state index is 2.71. The minimum absolute atomic E-state index is 0.0173. The average Bonchev–Trinajstić information content (AvgIpc) is 3.77. The second kappa shape index (κ2) is 12.6. The van der Waals surface area contributed by atoms with Crippen LogP contribution in [-0.2, 0) is 27.1 Å². The van der Waals surface area contributed by atoms with Crippen molar-refractivity contribution >= 4 is 107 Å². The van der Waals surface area contributed by atoms with Gasteiger partial charge in [0.15, 0.2) is 0 Å². The van der Waals surface area contributed by atoms with Crippen LogP contribution in [0.25, 0.3) is 55.0 Å². The lowest BCUT2D eigenvalue weighted by atomic mass is 9.29. The van der Waals surface area contributed by atoms with Gasteiger partial charge in [0.2, 0.25) is 0 Å². The number of rotatable bonds is 0. The van der Waals surface area contributed by atoms with Crippen molar-refractivity contribution in [3.8, 4) is 11.4 Å². The molecule has 5 heteroatoms. The first-order valence-electron chi connectivity index (χ1n) is 24.9. The van der Waals surface area contributed by atoms with Crippen molar-refractivity contribution in [1.29, 1.82) is 0 Å². The first kappa shape index (κ1) is 41.3. The molecule has 0 fully saturated rings. The molecule has 6 heterocycles. The fraction of sp³-hybridized carbons (Fsp3) is 0.323. The lowest BCUT2D eigenvalue weighted by molar-refractivity contribution is 0.590. The van der Waals surface area contributed by atoms with Crippen molar-refractivity contribution in [3.05, 3.63) is 137 Å². The summed E-state index contributed by atoms with van der Waals surface area (Å²) in [5.41, 5.74) is 27.3. The Hall–Kier alpha value is -5.93. The third-order valence-electron chi connectivity index (χ3n) is 16.4. The molecule has 0 N–H and O–H groups in total. The van der Waals surface area contributed by atoms with Gasteiger partial charge < -0.3 is 14.0 Å². The Bertz CT molecular complexity index is 3730. The highest BCUT2D eigenvalue weighted by Crippen LogP contribution is 2.47. The molecule has 13 rings (SSSR count). The molecule has 0 radical (unpaired) electrons. The Morgan fingerprint density at radius 3 is 1.24 bits per heavy atom. The first-order chi connectivity index (χ1) is 31.4. The van der Waals surface area contributed by atoms with E-state index in [1.165, 1.54) is 133 Å². The predicted molar refractivity (Wildman–Crippen MR) is 293 cm³/mol. The maximum atomic E-state index is 2.71. The summed E-state index contributed by atoms with van der Waals surface area (Å²) in [7, 11) is 0. The summed E-state index contributed by atoms with van der Waals surface area (Å²) in [4.78, 5) is 2.71. The normalized spacial score (nSPS) is 15.0. The van der Waals surface area contributed by atoms with Crippen molar-refractivity contribution in [1.82, 2.24) is 9.13 Å². The fourth-order valence-corrected chi connectivity index (χ4v) is 12.7. The smallest absolute Gasteiger partial charge is 0.252 e. The van der Waals surface area contributed by atoms with E-state index in [0.717, 1.165) is 0 Å². The number of aromatic nitrogens is 2. The van der Waals surface area contributed by atoms with E-state index in [-0.39, 0.29) is 40.5 Å². The Labute approximate surface area is 398 Å². The third kappa shape index (κ3) is 5.38. The molecule has 9 aromatic rings. The SMILES string of the molecule is CC(C)(C)c1ccc2c(c1)B1c3c(ccc4c3N2c2cccc3c2B4c2cc(C(C)(C)C)cc4c5cc(C(C)(C)C)ccc5n-3c24)-n2c3ccc(C(C)(C)C)cc3c3cc(C(C)(C)C)cc1c32. The van der Waals surface area contributed by atoms with E-state index in [1.54, 1.807) is 0 Å². The molecule has 2 aromatic heterocycles. The van der Waals surface area contributed by atoms with E-state index in [4.69, 9.17) is 0 Å². The molecule has 0 amide bonds. The van der Waals surface area contributed by atoms with Crippen LogP contribution in [0.15, 0.2) is 109 Å². The van der Waals surface area contributed by atoms with E-state index in [1.807, 2.05) is 0 Å². The molecule has 0 aliphatic carbocycles. The van der Waals surface area contributed by atoms with Crippen molar-refractivity contribution in [2.45, 2.75) is 131 Å². The van der Waals surface area contributed by atoms with Crippen LogP contribution in [-0.4, -0.2) is 22.6 Å². The van der Waals surface area contributed by atoms with Gasteiger partial charge >= 0.3 is 0 Å². The summed E-state index contributed by atoms with van der Waals surface area (Å²) < 4.78 is 5.30. The van der Waals surface area contributed by atoms with Crippen LogP contribution in [0.1, 0.15) is 132 Å². The molecule has 0 bridgehead atoms. The summed E-state index contributed by atoms with van der Waals surface area (Å²) in [5, 5.41) is 5.44. The summed E-state index contributed by atoms with van der Waals surface area (Å²) in [6.07, 6.45) is 0. The van der Waals surface area contributed by atoms with Gasteiger partial charge in [-0.2, -0.15) is 0 Å². The van der Waals surface area contributed by atoms with Gasteiger partial charge in [-0.1, -0.05) is 152 Å². The lowest BCUT2D eigenvalue weighted by Crippen LogP contribution is -2.67. The van der Waals surface area contributed by atoms with Crippen molar-refractivity contribution < 1.29 is 0 Å². The Morgan fingerprint density at radius 2 is 0.731 bits per heavy atom. The van der Waals surface area contributed by atoms with Crippen molar-refractivity contribution in [2.75, 3.05) is 4.90 Å². The molecule has 67 heavy (non-hydrogen) atoms. The Balaban J connectivity index is 1.21. The van der Waals surface area contributed by atoms with Gasteiger partial charge in [0.1, 0.15) is 0 Å². The zero-order chi connectivity index (χ0) is 47.0. The molecule has 4 aliphatic heterocycles. The van der Waals surface area contributed by atoms with Crippen LogP contribution in [0.2, 0.25) is 0 Å². The summed E-state index contributed by atoms with van der Waals surface area (Å²) in [5.74, 6) is 0. The predicted octanol–water partition coefficient (Wildman–Crippen LogP) is 12.1. The molecule has 0 atom stereocenters. The minimum atomic E-state index is -0.0408. The third-order valence-corrected chi connectivity index (χ3v) is 16.4. The molecule has 4 aliphatic rings. The topological polar surface area (TPSA) is 13.1 Å². The highest BCUT2D eigenvalue weighted by Gasteiger charge is 2.50. The standard InChI is InChI=1S/C62H63B2N3/c1-58(2,3)34-19-23-47-39(27-34)41-29-37(61(10,11)12)32-45-55(41)65(47)50-17-16-18-51-53(50)63(45)43-22-26-52-54-57(43)67(51)49-25-21-36(60(7,8)9)31-44(49)64(54)46-33-38(62(13,14)15)30-42-40-28-35(59(4,5)6)20-24-48(40)66(52)56(42)46/h16-33H,1-15H3. The van der Waals surface area contributed by atoms with Crippen LogP contribution in [0.5, 0.6) is 0 Å². The van der Waals surface area contributed by atoms with E-state index >= 15 is 0 Å². The molecule has 0 saturated heterocycles. The van der Waals surface area contributed by atoms with Gasteiger partial charge in [-0.05, 0) is 148 Å². The number of hydrogen-bond donors (Lipinski definition) is 0. The van der Waals surface area contributed by atoms with Crippen LogP contribution < -0.4 is 37.7 Å². The number of fused-ring (bicyclic) bond motifs is 15. The largest absolute Gasteiger partial charge is 0.312 e. The van der Waals surface area contributed by atoms with Gasteiger partial charge in [-0.15, -0.1) is 0 Å². The van der Waals surface area contributed by atoms with E-state index < -0.39 is 0 Å². The highest BCUT2D eigenvalue weighted by atomic mass is 15.2.